The average molecular weight is 310 g/mol. The number of carbonyl (C=O) groups excluding carboxylic acids is 1. The van der Waals surface area contributed by atoms with Gasteiger partial charge in [-0.25, -0.2) is 0 Å². The molecule has 2 heterocycles. The van der Waals surface area contributed by atoms with Gasteiger partial charge in [0.2, 0.25) is 10.1 Å². The number of nitrogens with zero attached hydrogens (tertiary/aromatic N) is 3. The maximum absolute atomic E-state index is 12.5. The van der Waals surface area contributed by atoms with E-state index in [1.807, 2.05) is 4.90 Å². The van der Waals surface area contributed by atoms with Crippen molar-refractivity contribution in [2.75, 3.05) is 25.0 Å². The topological polar surface area (TPSA) is 58.1 Å². The monoisotopic (exact) mass is 310 g/mol. The normalized spacial score (nSPS) is 19.3. The van der Waals surface area contributed by atoms with Crippen molar-refractivity contribution in [3.63, 3.8) is 0 Å². The van der Waals surface area contributed by atoms with Gasteiger partial charge in [-0.3, -0.25) is 4.79 Å². The van der Waals surface area contributed by atoms with Crippen LogP contribution in [-0.4, -0.2) is 40.6 Å². The van der Waals surface area contributed by atoms with E-state index in [1.165, 1.54) is 30.6 Å². The molecule has 0 spiro atoms. The molecule has 1 fully saturated rings. The van der Waals surface area contributed by atoms with Crippen LogP contribution in [0.3, 0.4) is 0 Å². The van der Waals surface area contributed by atoms with Crippen molar-refractivity contribution in [3.8, 4) is 0 Å². The summed E-state index contributed by atoms with van der Waals surface area (Å²) >= 11 is 1.37. The highest BCUT2D eigenvalue weighted by atomic mass is 32.1. The Labute approximate surface area is 131 Å². The largest absolute Gasteiger partial charge is 0.360 e. The number of amides is 1. The van der Waals surface area contributed by atoms with E-state index in [0.717, 1.165) is 49.9 Å². The molecule has 1 atom stereocenters. The minimum Gasteiger partial charge on any atom is -0.360 e. The molecule has 0 aromatic carbocycles. The predicted octanol–water partition coefficient (Wildman–Crippen LogP) is 3.40. The Morgan fingerprint density at radius 1 is 1.29 bits per heavy atom. The third-order valence-electron chi connectivity index (χ3n) is 3.97. The van der Waals surface area contributed by atoms with Gasteiger partial charge in [-0.05, 0) is 31.6 Å². The molecule has 21 heavy (non-hydrogen) atoms. The van der Waals surface area contributed by atoms with Crippen molar-refractivity contribution in [1.82, 2.24) is 15.1 Å². The summed E-state index contributed by atoms with van der Waals surface area (Å²) in [5.74, 6) is 0.832. The van der Waals surface area contributed by atoms with Crippen LogP contribution in [0.2, 0.25) is 0 Å². The molecular formula is C15H26N4OS. The molecule has 1 amide bonds. The van der Waals surface area contributed by atoms with E-state index in [9.17, 15) is 4.79 Å². The zero-order valence-electron chi connectivity index (χ0n) is 13.1. The van der Waals surface area contributed by atoms with Crippen LogP contribution < -0.4 is 5.32 Å². The van der Waals surface area contributed by atoms with Gasteiger partial charge in [0.05, 0.1) is 0 Å². The fourth-order valence-electron chi connectivity index (χ4n) is 2.81. The number of aromatic nitrogens is 2. The number of hydrogen-bond donors (Lipinski definition) is 1. The third-order valence-corrected chi connectivity index (χ3v) is 4.83. The van der Waals surface area contributed by atoms with Crippen molar-refractivity contribution in [2.24, 2.45) is 5.92 Å². The van der Waals surface area contributed by atoms with Crippen molar-refractivity contribution in [1.29, 1.82) is 0 Å². The smallest absolute Gasteiger partial charge is 0.284 e. The fourth-order valence-corrected chi connectivity index (χ4v) is 3.55. The van der Waals surface area contributed by atoms with Gasteiger partial charge < -0.3 is 10.2 Å². The van der Waals surface area contributed by atoms with Gasteiger partial charge in [0.15, 0.2) is 0 Å². The molecule has 1 N–H and O–H groups in total. The van der Waals surface area contributed by atoms with E-state index in [4.69, 9.17) is 0 Å². The second-order valence-corrected chi connectivity index (χ2v) is 6.69. The van der Waals surface area contributed by atoms with Crippen molar-refractivity contribution < 1.29 is 4.79 Å². The summed E-state index contributed by atoms with van der Waals surface area (Å²) < 4.78 is 0. The van der Waals surface area contributed by atoms with Crippen LogP contribution in [0, 0.1) is 5.92 Å². The van der Waals surface area contributed by atoms with Crippen LogP contribution in [-0.2, 0) is 0 Å². The van der Waals surface area contributed by atoms with Gasteiger partial charge >= 0.3 is 0 Å². The molecule has 6 heteroatoms. The molecule has 2 rings (SSSR count). The van der Waals surface area contributed by atoms with Crippen LogP contribution in [0.25, 0.3) is 0 Å². The van der Waals surface area contributed by atoms with E-state index in [2.05, 4.69) is 29.4 Å². The maximum atomic E-state index is 12.5. The van der Waals surface area contributed by atoms with E-state index >= 15 is 0 Å². The predicted molar refractivity (Wildman–Crippen MR) is 86.8 cm³/mol. The van der Waals surface area contributed by atoms with Crippen LogP contribution in [0.4, 0.5) is 5.13 Å². The molecule has 1 aromatic heterocycles. The minimum absolute atomic E-state index is 0.0502. The van der Waals surface area contributed by atoms with Gasteiger partial charge in [-0.15, -0.1) is 10.2 Å². The summed E-state index contributed by atoms with van der Waals surface area (Å²) in [4.78, 5) is 14.5. The van der Waals surface area contributed by atoms with Gasteiger partial charge in [-0.2, -0.15) is 0 Å². The Hall–Kier alpha value is -1.17. The maximum Gasteiger partial charge on any atom is 0.284 e. The summed E-state index contributed by atoms with van der Waals surface area (Å²) in [5.41, 5.74) is 0. The van der Waals surface area contributed by atoms with Gasteiger partial charge in [0.1, 0.15) is 0 Å². The molecule has 0 saturated carbocycles. The van der Waals surface area contributed by atoms with Gasteiger partial charge in [0.25, 0.3) is 5.91 Å². The van der Waals surface area contributed by atoms with Gasteiger partial charge in [0, 0.05) is 19.6 Å². The Kier molecular flexibility index (Phi) is 6.42. The third kappa shape index (κ3) is 4.66. The molecule has 1 aliphatic heterocycles. The molecule has 5 nitrogen and oxygen atoms in total. The molecule has 0 radical (unpaired) electrons. The van der Waals surface area contributed by atoms with E-state index in [-0.39, 0.29) is 5.91 Å². The molecular weight excluding hydrogens is 284 g/mol. The lowest BCUT2D eigenvalue weighted by molar-refractivity contribution is 0.0758. The minimum atomic E-state index is 0.0502. The number of anilines is 1. The zero-order valence-corrected chi connectivity index (χ0v) is 13.9. The first kappa shape index (κ1) is 16.2. The summed E-state index contributed by atoms with van der Waals surface area (Å²) in [7, 11) is 0. The second kappa shape index (κ2) is 8.32. The Balaban J connectivity index is 1.91. The number of nitrogens with one attached hydrogen (secondary N) is 1. The molecule has 0 bridgehead atoms. The SMILES string of the molecule is CCCNc1nnc(C(=O)N2CCCC(CCC)CC2)s1. The lowest BCUT2D eigenvalue weighted by Crippen LogP contribution is -2.32. The fraction of sp³-hybridized carbons (Fsp3) is 0.800. The first-order valence-corrected chi connectivity index (χ1v) is 8.92. The summed E-state index contributed by atoms with van der Waals surface area (Å²) in [6.07, 6.45) is 7.04. The van der Waals surface area contributed by atoms with Crippen LogP contribution in [0.15, 0.2) is 0 Å². The molecule has 1 saturated heterocycles. The second-order valence-electron chi connectivity index (χ2n) is 5.72. The first-order valence-electron chi connectivity index (χ1n) is 8.11. The lowest BCUT2D eigenvalue weighted by atomic mass is 9.96. The average Bonchev–Trinajstić information content (AvgIpc) is 2.84. The molecule has 1 aromatic rings. The first-order chi connectivity index (χ1) is 10.2. The van der Waals surface area contributed by atoms with Crippen LogP contribution in [0.5, 0.6) is 0 Å². The highest BCUT2D eigenvalue weighted by Gasteiger charge is 2.23. The Morgan fingerprint density at radius 3 is 2.90 bits per heavy atom. The lowest BCUT2D eigenvalue weighted by Gasteiger charge is -2.18. The Morgan fingerprint density at radius 2 is 2.14 bits per heavy atom. The molecule has 118 valence electrons. The van der Waals surface area contributed by atoms with Crippen LogP contribution in [0.1, 0.15) is 62.2 Å². The van der Waals surface area contributed by atoms with E-state index < -0.39 is 0 Å². The van der Waals surface area contributed by atoms with Gasteiger partial charge in [-0.1, -0.05) is 38.0 Å². The Bertz CT molecular complexity index is 449. The standard InChI is InChI=1S/C15H26N4OS/c1-3-6-12-7-5-10-19(11-8-12)14(20)13-17-18-15(21-13)16-9-4-2/h12H,3-11H2,1-2H3,(H,16,18). The zero-order chi connectivity index (χ0) is 15.1. The van der Waals surface area contributed by atoms with Crippen molar-refractivity contribution in [3.05, 3.63) is 5.01 Å². The molecule has 1 unspecified atom stereocenters. The quantitative estimate of drug-likeness (QED) is 0.875. The number of rotatable bonds is 6. The highest BCUT2D eigenvalue weighted by Crippen LogP contribution is 2.24. The summed E-state index contributed by atoms with van der Waals surface area (Å²) in [5, 5.41) is 12.5. The summed E-state index contributed by atoms with van der Waals surface area (Å²) in [6, 6.07) is 0. The van der Waals surface area contributed by atoms with Crippen molar-refractivity contribution in [2.45, 2.75) is 52.4 Å². The molecule has 0 aliphatic carbocycles. The van der Waals surface area contributed by atoms with E-state index in [1.54, 1.807) is 0 Å². The van der Waals surface area contributed by atoms with Crippen molar-refractivity contribution >= 4 is 22.4 Å². The number of likely N-dealkylation sites (tertiary alicyclic amines) is 1. The number of carbonyl (C=O) groups is 1. The highest BCUT2D eigenvalue weighted by molar-refractivity contribution is 7.17. The summed E-state index contributed by atoms with van der Waals surface area (Å²) in [6.45, 7) is 6.92. The van der Waals surface area contributed by atoms with Crippen LogP contribution >= 0.6 is 11.3 Å². The van der Waals surface area contributed by atoms with E-state index in [0.29, 0.717) is 5.01 Å². The number of hydrogen-bond acceptors (Lipinski definition) is 5. The molecule has 1 aliphatic rings.